The predicted molar refractivity (Wildman–Crippen MR) is 49.8 cm³/mol. The molecule has 0 bridgehead atoms. The molecule has 1 aliphatic heterocycles. The molecule has 0 atom stereocenters. The maximum Gasteiger partial charge on any atom is 0.0256 e. The number of hydrogen-bond donors (Lipinski definition) is 0. The lowest BCUT2D eigenvalue weighted by molar-refractivity contribution is 1.18. The van der Waals surface area contributed by atoms with Gasteiger partial charge in [0.1, 0.15) is 0 Å². The Bertz CT molecular complexity index is 219. The molecule has 1 rings (SSSR count). The van der Waals surface area contributed by atoms with E-state index in [1.807, 2.05) is 12.4 Å². The van der Waals surface area contributed by atoms with Crippen molar-refractivity contribution in [2.24, 2.45) is 4.99 Å². The highest BCUT2D eigenvalue weighted by Crippen LogP contribution is 2.01. The summed E-state index contributed by atoms with van der Waals surface area (Å²) in [5, 5.41) is 0. The molecule has 0 aliphatic carbocycles. The quantitative estimate of drug-likeness (QED) is 0.499. The molecule has 0 aromatic heterocycles. The highest BCUT2D eigenvalue weighted by Gasteiger charge is 1.83. The van der Waals surface area contributed by atoms with Crippen LogP contribution in [0.2, 0.25) is 0 Å². The van der Waals surface area contributed by atoms with Crippen LogP contribution in [-0.2, 0) is 0 Å². The van der Waals surface area contributed by atoms with Gasteiger partial charge in [-0.05, 0) is 13.3 Å². The van der Waals surface area contributed by atoms with Crippen molar-refractivity contribution in [2.75, 3.05) is 0 Å². The fraction of sp³-hybridized carbons (Fsp3) is 0.300. The van der Waals surface area contributed by atoms with Crippen molar-refractivity contribution in [2.45, 2.75) is 19.8 Å². The number of hydrogen-bond acceptors (Lipinski definition) is 1. The van der Waals surface area contributed by atoms with Gasteiger partial charge in [-0.15, -0.1) is 0 Å². The minimum atomic E-state index is 0.925. The topological polar surface area (TPSA) is 12.4 Å². The third-order valence-electron chi connectivity index (χ3n) is 1.46. The fourth-order valence-corrected chi connectivity index (χ4v) is 0.844. The standard InChI is InChI=1S/C10H13N/c1-10-7-5-3-2-4-6-8-11-9-10/h2-5,8-9H,6-7H2,1H3/b4-2-,5-3-,10-9-,11-8?. The highest BCUT2D eigenvalue weighted by molar-refractivity contribution is 5.60. The summed E-state index contributed by atoms with van der Waals surface area (Å²) in [5.74, 6) is 0. The monoisotopic (exact) mass is 147 g/mol. The minimum absolute atomic E-state index is 0.925. The van der Waals surface area contributed by atoms with Crippen molar-refractivity contribution >= 4 is 6.21 Å². The number of allylic oxidation sites excluding steroid dienone is 5. The van der Waals surface area contributed by atoms with E-state index in [1.54, 1.807) is 0 Å². The molecular formula is C10H13N. The molecular weight excluding hydrogens is 134 g/mol. The summed E-state index contributed by atoms with van der Waals surface area (Å²) in [6, 6.07) is 0. The maximum atomic E-state index is 4.14. The van der Waals surface area contributed by atoms with Gasteiger partial charge >= 0.3 is 0 Å². The van der Waals surface area contributed by atoms with Crippen LogP contribution in [0.4, 0.5) is 0 Å². The van der Waals surface area contributed by atoms with E-state index in [9.17, 15) is 0 Å². The molecule has 58 valence electrons. The number of rotatable bonds is 0. The summed E-state index contributed by atoms with van der Waals surface area (Å²) < 4.78 is 0. The molecule has 1 nitrogen and oxygen atoms in total. The minimum Gasteiger partial charge on any atom is -0.269 e. The fourth-order valence-electron chi connectivity index (χ4n) is 0.844. The van der Waals surface area contributed by atoms with Gasteiger partial charge in [-0.25, -0.2) is 0 Å². The Morgan fingerprint density at radius 1 is 1.27 bits per heavy atom. The van der Waals surface area contributed by atoms with Gasteiger partial charge in [0, 0.05) is 18.8 Å². The van der Waals surface area contributed by atoms with Crippen LogP contribution in [0, 0.1) is 0 Å². The first-order valence-corrected chi connectivity index (χ1v) is 3.88. The predicted octanol–water partition coefficient (Wildman–Crippen LogP) is 2.87. The average Bonchev–Trinajstić information content (AvgIpc) is 2.03. The molecule has 0 amide bonds. The number of aliphatic imine (C=N–C) groups is 1. The van der Waals surface area contributed by atoms with E-state index in [-0.39, 0.29) is 0 Å². The lowest BCUT2D eigenvalue weighted by Gasteiger charge is -1.92. The SMILES string of the molecule is C/C1=C/N=CC/C=C\C=C/C1. The van der Waals surface area contributed by atoms with Crippen LogP contribution in [0.15, 0.2) is 41.1 Å². The summed E-state index contributed by atoms with van der Waals surface area (Å²) in [7, 11) is 0. The molecule has 11 heavy (non-hydrogen) atoms. The van der Waals surface area contributed by atoms with E-state index in [2.05, 4.69) is 36.2 Å². The molecule has 0 saturated carbocycles. The maximum absolute atomic E-state index is 4.14. The van der Waals surface area contributed by atoms with E-state index in [0.29, 0.717) is 0 Å². The summed E-state index contributed by atoms with van der Waals surface area (Å²) in [6.45, 7) is 2.09. The van der Waals surface area contributed by atoms with Gasteiger partial charge < -0.3 is 0 Å². The molecule has 0 radical (unpaired) electrons. The van der Waals surface area contributed by atoms with Crippen LogP contribution < -0.4 is 0 Å². The molecule has 0 aromatic carbocycles. The summed E-state index contributed by atoms with van der Waals surface area (Å²) in [5.41, 5.74) is 1.30. The highest BCUT2D eigenvalue weighted by atomic mass is 14.7. The smallest absolute Gasteiger partial charge is 0.0256 e. The van der Waals surface area contributed by atoms with Crippen molar-refractivity contribution in [1.29, 1.82) is 0 Å². The third kappa shape index (κ3) is 3.56. The van der Waals surface area contributed by atoms with Crippen molar-refractivity contribution in [3.63, 3.8) is 0 Å². The van der Waals surface area contributed by atoms with Gasteiger partial charge in [0.05, 0.1) is 0 Å². The zero-order chi connectivity index (χ0) is 7.94. The van der Waals surface area contributed by atoms with Crippen LogP contribution >= 0.6 is 0 Å². The lowest BCUT2D eigenvalue weighted by atomic mass is 10.2. The van der Waals surface area contributed by atoms with Crippen molar-refractivity contribution in [3.8, 4) is 0 Å². The molecule has 0 fully saturated rings. The van der Waals surface area contributed by atoms with Gasteiger partial charge in [-0.3, -0.25) is 4.99 Å². The lowest BCUT2D eigenvalue weighted by Crippen LogP contribution is -1.75. The summed E-state index contributed by atoms with van der Waals surface area (Å²) in [4.78, 5) is 4.14. The van der Waals surface area contributed by atoms with Gasteiger partial charge in [0.2, 0.25) is 0 Å². The number of nitrogens with zero attached hydrogens (tertiary/aromatic N) is 1. The molecule has 0 unspecified atom stereocenters. The molecule has 1 aliphatic rings. The van der Waals surface area contributed by atoms with Gasteiger partial charge in [0.25, 0.3) is 0 Å². The molecule has 1 heterocycles. The molecule has 0 N–H and O–H groups in total. The normalized spacial score (nSPS) is 28.6. The molecule has 0 saturated heterocycles. The van der Waals surface area contributed by atoms with Crippen molar-refractivity contribution in [3.05, 3.63) is 36.1 Å². The van der Waals surface area contributed by atoms with Gasteiger partial charge in [-0.1, -0.05) is 29.9 Å². The van der Waals surface area contributed by atoms with Crippen LogP contribution in [0.1, 0.15) is 19.8 Å². The van der Waals surface area contributed by atoms with Crippen molar-refractivity contribution < 1.29 is 0 Å². The van der Waals surface area contributed by atoms with Crippen LogP contribution in [0.3, 0.4) is 0 Å². The average molecular weight is 147 g/mol. The molecule has 0 spiro atoms. The van der Waals surface area contributed by atoms with Crippen LogP contribution in [0.25, 0.3) is 0 Å². The van der Waals surface area contributed by atoms with Gasteiger partial charge in [-0.2, -0.15) is 0 Å². The van der Waals surface area contributed by atoms with Crippen LogP contribution in [-0.4, -0.2) is 6.21 Å². The van der Waals surface area contributed by atoms with Gasteiger partial charge in [0.15, 0.2) is 0 Å². The Labute approximate surface area is 67.8 Å². The van der Waals surface area contributed by atoms with Crippen LogP contribution in [0.5, 0.6) is 0 Å². The first-order valence-electron chi connectivity index (χ1n) is 3.88. The van der Waals surface area contributed by atoms with E-state index in [0.717, 1.165) is 12.8 Å². The van der Waals surface area contributed by atoms with E-state index in [4.69, 9.17) is 0 Å². The second kappa shape index (κ2) is 4.67. The van der Waals surface area contributed by atoms with Crippen molar-refractivity contribution in [1.82, 2.24) is 0 Å². The first-order chi connectivity index (χ1) is 5.39. The summed E-state index contributed by atoms with van der Waals surface area (Å²) in [6.07, 6.45) is 14.1. The Kier molecular flexibility index (Phi) is 3.39. The Morgan fingerprint density at radius 3 is 3.00 bits per heavy atom. The Balaban J connectivity index is 2.62. The second-order valence-electron chi connectivity index (χ2n) is 2.60. The molecule has 0 aromatic rings. The molecule has 1 heteroatoms. The third-order valence-corrected chi connectivity index (χ3v) is 1.46. The second-order valence-corrected chi connectivity index (χ2v) is 2.60. The van der Waals surface area contributed by atoms with E-state index >= 15 is 0 Å². The summed E-state index contributed by atoms with van der Waals surface area (Å²) >= 11 is 0. The zero-order valence-electron chi connectivity index (χ0n) is 6.83. The Morgan fingerprint density at radius 2 is 2.09 bits per heavy atom. The van der Waals surface area contributed by atoms with E-state index in [1.165, 1.54) is 5.57 Å². The first kappa shape index (κ1) is 7.99. The largest absolute Gasteiger partial charge is 0.269 e. The Hall–Kier alpha value is -1.11. The van der Waals surface area contributed by atoms with E-state index < -0.39 is 0 Å². The zero-order valence-corrected chi connectivity index (χ0v) is 6.83.